The number of carbonyl (C=O) groups is 1. The van der Waals surface area contributed by atoms with Crippen molar-refractivity contribution in [3.63, 3.8) is 0 Å². The molecule has 5 aromatic rings. The highest BCUT2D eigenvalue weighted by atomic mass is 19.1. The number of hydrogen-bond donors (Lipinski definition) is 3. The Bertz CT molecular complexity index is 1540. The molecule has 8 nitrogen and oxygen atoms in total. The van der Waals surface area contributed by atoms with Gasteiger partial charge in [-0.1, -0.05) is 24.3 Å². The van der Waals surface area contributed by atoms with E-state index in [0.717, 1.165) is 0 Å². The van der Waals surface area contributed by atoms with Gasteiger partial charge in [0.2, 0.25) is 5.95 Å². The van der Waals surface area contributed by atoms with Crippen LogP contribution in [0.5, 0.6) is 0 Å². The van der Waals surface area contributed by atoms with Gasteiger partial charge in [-0.2, -0.15) is 4.98 Å². The highest BCUT2D eigenvalue weighted by molar-refractivity contribution is 6.04. The van der Waals surface area contributed by atoms with Crippen molar-refractivity contribution in [3.8, 4) is 5.82 Å². The SMILES string of the molecule is CC(C)(O)c1cccc(-n2cc(F)c3cnc(Nc4ccc(C(=O)Nc5ccccc5)cc4)nc32)n1. The van der Waals surface area contributed by atoms with Crippen molar-refractivity contribution >= 4 is 34.3 Å². The zero-order valence-electron chi connectivity index (χ0n) is 19.6. The van der Waals surface area contributed by atoms with E-state index in [-0.39, 0.29) is 17.2 Å². The molecule has 0 spiro atoms. The molecular formula is C27H23FN6O2. The van der Waals surface area contributed by atoms with Crippen LogP contribution in [0, 0.1) is 5.82 Å². The number of aliphatic hydroxyl groups is 1. The van der Waals surface area contributed by atoms with Gasteiger partial charge in [0, 0.05) is 29.3 Å². The molecule has 0 atom stereocenters. The Hall–Kier alpha value is -4.63. The Morgan fingerprint density at radius 1 is 0.944 bits per heavy atom. The molecule has 180 valence electrons. The average Bonchev–Trinajstić information content (AvgIpc) is 3.20. The quantitative estimate of drug-likeness (QED) is 0.308. The van der Waals surface area contributed by atoms with E-state index >= 15 is 0 Å². The van der Waals surface area contributed by atoms with Crippen molar-refractivity contribution in [2.45, 2.75) is 19.4 Å². The molecular weight excluding hydrogens is 459 g/mol. The fourth-order valence-corrected chi connectivity index (χ4v) is 3.66. The third-order valence-electron chi connectivity index (χ3n) is 5.54. The Morgan fingerprint density at radius 3 is 2.42 bits per heavy atom. The molecule has 5 rings (SSSR count). The van der Waals surface area contributed by atoms with E-state index in [2.05, 4.69) is 25.6 Å². The summed E-state index contributed by atoms with van der Waals surface area (Å²) in [6.07, 6.45) is 2.69. The fourth-order valence-electron chi connectivity index (χ4n) is 3.66. The van der Waals surface area contributed by atoms with Crippen LogP contribution in [0.2, 0.25) is 0 Å². The minimum atomic E-state index is -1.15. The summed E-state index contributed by atoms with van der Waals surface area (Å²) in [6, 6.07) is 21.2. The maximum Gasteiger partial charge on any atom is 0.255 e. The molecule has 1 amide bonds. The van der Waals surface area contributed by atoms with Crippen LogP contribution >= 0.6 is 0 Å². The highest BCUT2D eigenvalue weighted by Gasteiger charge is 2.20. The van der Waals surface area contributed by atoms with E-state index in [4.69, 9.17) is 0 Å². The van der Waals surface area contributed by atoms with Gasteiger partial charge in [-0.3, -0.25) is 9.36 Å². The lowest BCUT2D eigenvalue weighted by molar-refractivity contribution is 0.0738. The number of rotatable bonds is 6. The molecule has 3 N–H and O–H groups in total. The number of nitrogens with one attached hydrogen (secondary N) is 2. The normalized spacial score (nSPS) is 11.4. The molecule has 0 aliphatic heterocycles. The summed E-state index contributed by atoms with van der Waals surface area (Å²) in [7, 11) is 0. The van der Waals surface area contributed by atoms with E-state index in [1.54, 1.807) is 56.3 Å². The predicted octanol–water partition coefficient (Wildman–Crippen LogP) is 5.18. The maximum absolute atomic E-state index is 14.6. The lowest BCUT2D eigenvalue weighted by atomic mass is 10.1. The lowest BCUT2D eigenvalue weighted by Crippen LogP contribution is -2.18. The van der Waals surface area contributed by atoms with E-state index in [0.29, 0.717) is 34.1 Å². The molecule has 0 fully saturated rings. The zero-order chi connectivity index (χ0) is 25.3. The summed E-state index contributed by atoms with van der Waals surface area (Å²) < 4.78 is 16.1. The van der Waals surface area contributed by atoms with Gasteiger partial charge in [0.15, 0.2) is 11.5 Å². The van der Waals surface area contributed by atoms with Crippen LogP contribution in [0.4, 0.5) is 21.7 Å². The van der Waals surface area contributed by atoms with E-state index < -0.39 is 11.4 Å². The molecule has 36 heavy (non-hydrogen) atoms. The van der Waals surface area contributed by atoms with Crippen molar-refractivity contribution in [2.24, 2.45) is 0 Å². The predicted molar refractivity (Wildman–Crippen MR) is 136 cm³/mol. The Kier molecular flexibility index (Phi) is 5.91. The van der Waals surface area contributed by atoms with Crippen LogP contribution < -0.4 is 10.6 Å². The van der Waals surface area contributed by atoms with Crippen LogP contribution in [-0.4, -0.2) is 30.5 Å². The number of anilines is 3. The number of amides is 1. The summed E-state index contributed by atoms with van der Waals surface area (Å²) in [5.74, 6) is -0.0377. The summed E-state index contributed by atoms with van der Waals surface area (Å²) in [5.41, 5.74) is 1.49. The standard InChI is InChI=1S/C27H23FN6O2/c1-27(2,36)22-9-6-10-23(32-22)34-16-21(28)20-15-29-26(33-24(20)34)31-19-13-11-17(12-14-19)25(35)30-18-7-4-3-5-8-18/h3-16,36H,1-2H3,(H,30,35)(H,29,31,33). The number of fused-ring (bicyclic) bond motifs is 1. The molecule has 9 heteroatoms. The van der Waals surface area contributed by atoms with E-state index in [1.807, 2.05) is 30.3 Å². The third kappa shape index (κ3) is 4.77. The van der Waals surface area contributed by atoms with Gasteiger partial charge in [-0.15, -0.1) is 0 Å². The first kappa shape index (κ1) is 23.1. The Balaban J connectivity index is 1.39. The van der Waals surface area contributed by atoms with Crippen molar-refractivity contribution < 1.29 is 14.3 Å². The molecule has 0 aliphatic carbocycles. The number of hydrogen-bond acceptors (Lipinski definition) is 6. The second-order valence-electron chi connectivity index (χ2n) is 8.74. The Morgan fingerprint density at radius 2 is 1.69 bits per heavy atom. The van der Waals surface area contributed by atoms with E-state index in [9.17, 15) is 14.3 Å². The van der Waals surface area contributed by atoms with Gasteiger partial charge in [-0.25, -0.2) is 14.4 Å². The van der Waals surface area contributed by atoms with Crippen molar-refractivity contribution in [1.82, 2.24) is 19.5 Å². The number of pyridine rings is 1. The molecule has 3 heterocycles. The van der Waals surface area contributed by atoms with Crippen molar-refractivity contribution in [3.05, 3.63) is 102 Å². The van der Waals surface area contributed by atoms with E-state index in [1.165, 1.54) is 17.0 Å². The number of para-hydroxylation sites is 1. The summed E-state index contributed by atoms with van der Waals surface area (Å²) in [6.45, 7) is 3.27. The molecule has 0 bridgehead atoms. The largest absolute Gasteiger partial charge is 0.384 e. The van der Waals surface area contributed by atoms with Gasteiger partial charge in [0.25, 0.3) is 5.91 Å². The second kappa shape index (κ2) is 9.20. The molecule has 0 unspecified atom stereocenters. The van der Waals surface area contributed by atoms with Gasteiger partial charge >= 0.3 is 0 Å². The first-order valence-electron chi connectivity index (χ1n) is 11.3. The van der Waals surface area contributed by atoms with Crippen LogP contribution in [0.15, 0.2) is 85.2 Å². The topological polar surface area (TPSA) is 105 Å². The van der Waals surface area contributed by atoms with Gasteiger partial charge in [0.05, 0.1) is 11.1 Å². The lowest BCUT2D eigenvalue weighted by Gasteiger charge is -2.17. The van der Waals surface area contributed by atoms with Gasteiger partial charge in [-0.05, 0) is 62.4 Å². The first-order chi connectivity index (χ1) is 17.3. The maximum atomic E-state index is 14.6. The average molecular weight is 483 g/mol. The molecule has 0 saturated carbocycles. The molecule has 2 aromatic carbocycles. The van der Waals surface area contributed by atoms with Crippen LogP contribution in [-0.2, 0) is 5.60 Å². The van der Waals surface area contributed by atoms with Crippen molar-refractivity contribution in [2.75, 3.05) is 10.6 Å². The number of carbonyl (C=O) groups excluding carboxylic acids is 1. The molecule has 3 aromatic heterocycles. The highest BCUT2D eigenvalue weighted by Crippen LogP contribution is 2.25. The number of nitrogens with zero attached hydrogens (tertiary/aromatic N) is 4. The minimum absolute atomic E-state index is 0.223. The molecule has 0 saturated heterocycles. The minimum Gasteiger partial charge on any atom is -0.384 e. The van der Waals surface area contributed by atoms with Gasteiger partial charge in [0.1, 0.15) is 11.4 Å². The number of halogens is 1. The molecule has 0 radical (unpaired) electrons. The summed E-state index contributed by atoms with van der Waals surface area (Å²) >= 11 is 0. The smallest absolute Gasteiger partial charge is 0.255 e. The van der Waals surface area contributed by atoms with Crippen LogP contribution in [0.1, 0.15) is 29.9 Å². The second-order valence-corrected chi connectivity index (χ2v) is 8.74. The summed E-state index contributed by atoms with van der Waals surface area (Å²) in [5, 5.41) is 16.5. The first-order valence-corrected chi connectivity index (χ1v) is 11.3. The number of benzene rings is 2. The third-order valence-corrected chi connectivity index (χ3v) is 5.54. The zero-order valence-corrected chi connectivity index (χ0v) is 19.6. The fraction of sp³-hybridized carbons (Fsp3) is 0.111. The Labute approximate surface area is 206 Å². The van der Waals surface area contributed by atoms with Crippen LogP contribution in [0.3, 0.4) is 0 Å². The molecule has 0 aliphatic rings. The summed E-state index contributed by atoms with van der Waals surface area (Å²) in [4.78, 5) is 25.7. The van der Waals surface area contributed by atoms with Crippen LogP contribution in [0.25, 0.3) is 16.9 Å². The van der Waals surface area contributed by atoms with Gasteiger partial charge < -0.3 is 15.7 Å². The monoisotopic (exact) mass is 482 g/mol. The number of aromatic nitrogens is 4. The van der Waals surface area contributed by atoms with Crippen molar-refractivity contribution in [1.29, 1.82) is 0 Å².